The monoisotopic (exact) mass is 191 g/mol. The van der Waals surface area contributed by atoms with Gasteiger partial charge in [0.05, 0.1) is 11.4 Å². The van der Waals surface area contributed by atoms with Crippen molar-refractivity contribution in [1.82, 2.24) is 0 Å². The zero-order valence-corrected chi connectivity index (χ0v) is 7.86. The van der Waals surface area contributed by atoms with Crippen molar-refractivity contribution in [1.29, 1.82) is 0 Å². The summed E-state index contributed by atoms with van der Waals surface area (Å²) in [5.74, 6) is 0.161. The van der Waals surface area contributed by atoms with E-state index in [-0.39, 0.29) is 5.91 Å². The molecule has 4 nitrogen and oxygen atoms in total. The van der Waals surface area contributed by atoms with Gasteiger partial charge < -0.3 is 16.4 Å². The second-order valence-corrected chi connectivity index (χ2v) is 3.46. The van der Waals surface area contributed by atoms with Crippen LogP contribution in [-0.2, 0) is 4.79 Å². The van der Waals surface area contributed by atoms with Crippen LogP contribution in [0.2, 0.25) is 0 Å². The molecule has 0 radical (unpaired) electrons. The molecule has 0 unspecified atom stereocenters. The first-order valence-electron chi connectivity index (χ1n) is 4.64. The molecule has 4 heteroatoms. The Bertz CT molecular complexity index is 376. The van der Waals surface area contributed by atoms with Gasteiger partial charge in [-0.1, -0.05) is 0 Å². The molecule has 0 saturated carbocycles. The summed E-state index contributed by atoms with van der Waals surface area (Å²) in [4.78, 5) is 13.2. The normalized spacial score (nSPS) is 16.3. The molecule has 0 atom stereocenters. The first-order valence-corrected chi connectivity index (χ1v) is 4.64. The lowest BCUT2D eigenvalue weighted by molar-refractivity contribution is -0.117. The SMILES string of the molecule is Nc1ccc(N2CCCC2=O)cc1N. The molecule has 0 bridgehead atoms. The number of rotatable bonds is 1. The third-order valence-corrected chi connectivity index (χ3v) is 2.46. The van der Waals surface area contributed by atoms with Crippen molar-refractivity contribution in [3.05, 3.63) is 18.2 Å². The highest BCUT2D eigenvalue weighted by atomic mass is 16.2. The first-order chi connectivity index (χ1) is 6.68. The lowest BCUT2D eigenvalue weighted by Crippen LogP contribution is -2.23. The number of carbonyl (C=O) groups is 1. The van der Waals surface area contributed by atoms with E-state index in [9.17, 15) is 4.79 Å². The first kappa shape index (κ1) is 8.87. The molecule has 1 fully saturated rings. The lowest BCUT2D eigenvalue weighted by atomic mass is 10.2. The molecule has 0 aromatic heterocycles. The smallest absolute Gasteiger partial charge is 0.227 e. The number of nitrogens with two attached hydrogens (primary N) is 2. The summed E-state index contributed by atoms with van der Waals surface area (Å²) in [6.45, 7) is 0.780. The van der Waals surface area contributed by atoms with Gasteiger partial charge in [-0.3, -0.25) is 4.79 Å². The van der Waals surface area contributed by atoms with Crippen LogP contribution in [0.3, 0.4) is 0 Å². The number of benzene rings is 1. The zero-order chi connectivity index (χ0) is 10.1. The highest BCUT2D eigenvalue weighted by Gasteiger charge is 2.21. The van der Waals surface area contributed by atoms with Gasteiger partial charge in [0.2, 0.25) is 5.91 Å². The van der Waals surface area contributed by atoms with Crippen LogP contribution in [0.5, 0.6) is 0 Å². The quantitative estimate of drug-likeness (QED) is 0.650. The fourth-order valence-corrected chi connectivity index (χ4v) is 1.65. The Morgan fingerprint density at radius 3 is 2.57 bits per heavy atom. The van der Waals surface area contributed by atoms with E-state index in [1.54, 1.807) is 17.0 Å². The van der Waals surface area contributed by atoms with E-state index < -0.39 is 0 Å². The standard InChI is InChI=1S/C10H13N3O/c11-8-4-3-7(6-9(8)12)13-5-1-2-10(13)14/h3-4,6H,1-2,5,11-12H2. The van der Waals surface area contributed by atoms with Gasteiger partial charge in [-0.05, 0) is 24.6 Å². The van der Waals surface area contributed by atoms with E-state index in [4.69, 9.17) is 11.5 Å². The second kappa shape index (κ2) is 3.21. The molecule has 14 heavy (non-hydrogen) atoms. The fourth-order valence-electron chi connectivity index (χ4n) is 1.65. The number of amides is 1. The minimum Gasteiger partial charge on any atom is -0.397 e. The fraction of sp³-hybridized carbons (Fsp3) is 0.300. The average Bonchev–Trinajstić information content (AvgIpc) is 2.57. The molecule has 1 aliphatic rings. The van der Waals surface area contributed by atoms with E-state index in [1.807, 2.05) is 6.07 Å². The summed E-state index contributed by atoms with van der Waals surface area (Å²) in [5.41, 5.74) is 13.2. The predicted molar refractivity (Wildman–Crippen MR) is 56.9 cm³/mol. The Kier molecular flexibility index (Phi) is 2.04. The molecule has 1 amide bonds. The van der Waals surface area contributed by atoms with Crippen molar-refractivity contribution >= 4 is 23.0 Å². The zero-order valence-electron chi connectivity index (χ0n) is 7.86. The Morgan fingerprint density at radius 2 is 2.00 bits per heavy atom. The van der Waals surface area contributed by atoms with Gasteiger partial charge in [-0.2, -0.15) is 0 Å². The van der Waals surface area contributed by atoms with Gasteiger partial charge in [0.1, 0.15) is 0 Å². The molecule has 1 aliphatic heterocycles. The predicted octanol–water partition coefficient (Wildman–Crippen LogP) is 0.978. The van der Waals surface area contributed by atoms with Gasteiger partial charge in [0.25, 0.3) is 0 Å². The van der Waals surface area contributed by atoms with Crippen molar-refractivity contribution in [2.24, 2.45) is 0 Å². The summed E-state index contributed by atoms with van der Waals surface area (Å²) >= 11 is 0. The number of hydrogen-bond donors (Lipinski definition) is 2. The lowest BCUT2D eigenvalue weighted by Gasteiger charge is -2.16. The van der Waals surface area contributed by atoms with Crippen LogP contribution >= 0.6 is 0 Å². The van der Waals surface area contributed by atoms with Gasteiger partial charge in [0.15, 0.2) is 0 Å². The van der Waals surface area contributed by atoms with Crippen LogP contribution in [-0.4, -0.2) is 12.5 Å². The van der Waals surface area contributed by atoms with Crippen LogP contribution in [0.4, 0.5) is 17.1 Å². The molecule has 1 aromatic rings. The van der Waals surface area contributed by atoms with Crippen molar-refractivity contribution in [2.45, 2.75) is 12.8 Å². The van der Waals surface area contributed by atoms with Crippen molar-refractivity contribution in [2.75, 3.05) is 22.9 Å². The minimum atomic E-state index is 0.161. The Labute approximate surface area is 82.5 Å². The summed E-state index contributed by atoms with van der Waals surface area (Å²) in [7, 11) is 0. The number of anilines is 3. The number of nitrogen functional groups attached to an aromatic ring is 2. The van der Waals surface area contributed by atoms with Gasteiger partial charge in [0, 0.05) is 18.7 Å². The third kappa shape index (κ3) is 1.39. The van der Waals surface area contributed by atoms with E-state index in [1.165, 1.54) is 0 Å². The van der Waals surface area contributed by atoms with Crippen molar-refractivity contribution in [3.8, 4) is 0 Å². The molecule has 0 spiro atoms. The third-order valence-electron chi connectivity index (χ3n) is 2.46. The van der Waals surface area contributed by atoms with Crippen LogP contribution in [0.15, 0.2) is 18.2 Å². The largest absolute Gasteiger partial charge is 0.397 e. The summed E-state index contributed by atoms with van der Waals surface area (Å²) in [6.07, 6.45) is 1.55. The van der Waals surface area contributed by atoms with Crippen molar-refractivity contribution in [3.63, 3.8) is 0 Å². The molecule has 1 heterocycles. The molecular weight excluding hydrogens is 178 g/mol. The van der Waals surface area contributed by atoms with Gasteiger partial charge >= 0.3 is 0 Å². The van der Waals surface area contributed by atoms with Crippen LogP contribution < -0.4 is 16.4 Å². The van der Waals surface area contributed by atoms with E-state index in [0.717, 1.165) is 18.7 Å². The van der Waals surface area contributed by atoms with Crippen LogP contribution in [0.25, 0.3) is 0 Å². The van der Waals surface area contributed by atoms with E-state index in [2.05, 4.69) is 0 Å². The molecule has 2 rings (SSSR count). The Hall–Kier alpha value is -1.71. The van der Waals surface area contributed by atoms with E-state index in [0.29, 0.717) is 17.8 Å². The maximum absolute atomic E-state index is 11.4. The molecule has 74 valence electrons. The van der Waals surface area contributed by atoms with Gasteiger partial charge in [-0.25, -0.2) is 0 Å². The molecule has 1 saturated heterocycles. The number of nitrogens with zero attached hydrogens (tertiary/aromatic N) is 1. The molecule has 1 aromatic carbocycles. The second-order valence-electron chi connectivity index (χ2n) is 3.46. The minimum absolute atomic E-state index is 0.161. The molecular formula is C10H13N3O. The van der Waals surface area contributed by atoms with Crippen molar-refractivity contribution < 1.29 is 4.79 Å². The maximum Gasteiger partial charge on any atom is 0.227 e. The number of carbonyl (C=O) groups excluding carboxylic acids is 1. The highest BCUT2D eigenvalue weighted by molar-refractivity contribution is 5.96. The molecule has 0 aliphatic carbocycles. The Balaban J connectivity index is 2.32. The van der Waals surface area contributed by atoms with Gasteiger partial charge in [-0.15, -0.1) is 0 Å². The summed E-state index contributed by atoms with van der Waals surface area (Å²) in [5, 5.41) is 0. The average molecular weight is 191 g/mol. The topological polar surface area (TPSA) is 72.3 Å². The van der Waals surface area contributed by atoms with Crippen LogP contribution in [0.1, 0.15) is 12.8 Å². The molecule has 4 N–H and O–H groups in total. The van der Waals surface area contributed by atoms with Crippen LogP contribution in [0, 0.1) is 0 Å². The summed E-state index contributed by atoms with van der Waals surface area (Å²) < 4.78 is 0. The Morgan fingerprint density at radius 1 is 1.21 bits per heavy atom. The maximum atomic E-state index is 11.4. The highest BCUT2D eigenvalue weighted by Crippen LogP contribution is 2.26. The summed E-state index contributed by atoms with van der Waals surface area (Å²) in [6, 6.07) is 5.31. The number of hydrogen-bond acceptors (Lipinski definition) is 3. The van der Waals surface area contributed by atoms with E-state index >= 15 is 0 Å².